The molecule has 0 aliphatic heterocycles. The van der Waals surface area contributed by atoms with Crippen LogP contribution < -0.4 is 41.8 Å². The molecular weight excluding hydrogens is 1420 g/mol. The van der Waals surface area contributed by atoms with Crippen LogP contribution in [0.3, 0.4) is 0 Å². The van der Waals surface area contributed by atoms with Crippen molar-refractivity contribution in [3.05, 3.63) is 179 Å². The van der Waals surface area contributed by atoms with E-state index in [4.69, 9.17) is 27.1 Å². The molecule has 6 aromatic rings. The molecular formula is C90H138CrO12P3. The summed E-state index contributed by atoms with van der Waals surface area (Å²) in [5.41, 5.74) is 7.19. The SMILES string of the molecule is CCCCCCCCCc1ccc(OP(=O)([O-])Oc2ccc(CCCCCCCCC)cc2)cc1.CCCCCCCCCc1ccc(OP(=O)([O-])Oc2ccc(CCCCCCCCC)cc2)cc1.CCCCCCCCCc1ccc(OP(=O)([O-])Oc2ccc(CCCCCCCCC)cc2)cc1.[Cr+3]. The zero-order chi connectivity index (χ0) is 75.6. The quantitative estimate of drug-likeness (QED) is 0.0261. The number of hydrogen-bond acceptors (Lipinski definition) is 12. The van der Waals surface area contributed by atoms with E-state index in [1.165, 1.54) is 265 Å². The first kappa shape index (κ1) is 95.4. The van der Waals surface area contributed by atoms with E-state index in [0.717, 1.165) is 77.0 Å². The third kappa shape index (κ3) is 49.4. The fourth-order valence-corrected chi connectivity index (χ4v) is 15.2. The van der Waals surface area contributed by atoms with Crippen molar-refractivity contribution in [3.63, 3.8) is 0 Å². The Morgan fingerprint density at radius 3 is 0.406 bits per heavy atom. The Balaban J connectivity index is 0.000000411. The molecule has 591 valence electrons. The molecule has 106 heavy (non-hydrogen) atoms. The molecule has 0 aliphatic carbocycles. The number of phosphoric acid groups is 3. The summed E-state index contributed by atoms with van der Waals surface area (Å²) in [7, 11) is -13.5. The van der Waals surface area contributed by atoms with Crippen molar-refractivity contribution in [1.82, 2.24) is 0 Å². The summed E-state index contributed by atoms with van der Waals surface area (Å²) in [4.78, 5) is 37.1. The smallest absolute Gasteiger partial charge is 0.736 e. The first-order chi connectivity index (χ1) is 51.1. The largest absolute Gasteiger partial charge is 3.00 e. The fraction of sp³-hybridized carbons (Fsp3) is 0.600. The molecule has 0 saturated heterocycles. The van der Waals surface area contributed by atoms with Crippen LogP contribution in [-0.4, -0.2) is 0 Å². The Bertz CT molecular complexity index is 2640. The number of hydrogen-bond donors (Lipinski definition) is 0. The minimum absolute atomic E-state index is 0. The average molecular weight is 1560 g/mol. The molecule has 0 amide bonds. The van der Waals surface area contributed by atoms with Crippen molar-refractivity contribution < 1.29 is 72.9 Å². The van der Waals surface area contributed by atoms with E-state index in [1.54, 1.807) is 72.8 Å². The molecule has 0 aromatic heterocycles. The summed E-state index contributed by atoms with van der Waals surface area (Å²) >= 11 is 0. The molecule has 0 bridgehead atoms. The Kier molecular flexibility index (Phi) is 54.9. The normalized spacial score (nSPS) is 11.4. The van der Waals surface area contributed by atoms with Crippen molar-refractivity contribution in [1.29, 1.82) is 0 Å². The third-order valence-corrected chi connectivity index (χ3v) is 21.9. The van der Waals surface area contributed by atoms with Gasteiger partial charge in [0, 0.05) is 0 Å². The zero-order valence-electron chi connectivity index (χ0n) is 66.4. The van der Waals surface area contributed by atoms with Crippen molar-refractivity contribution >= 4 is 23.5 Å². The molecule has 1 radical (unpaired) electrons. The molecule has 0 fully saturated rings. The van der Waals surface area contributed by atoms with Crippen LogP contribution in [0.25, 0.3) is 0 Å². The van der Waals surface area contributed by atoms with Gasteiger partial charge in [0.1, 0.15) is 34.5 Å². The van der Waals surface area contributed by atoms with Gasteiger partial charge >= 0.3 is 40.8 Å². The van der Waals surface area contributed by atoms with E-state index >= 15 is 0 Å². The molecule has 0 saturated carbocycles. The molecule has 0 atom stereocenters. The van der Waals surface area contributed by atoms with Gasteiger partial charge in [0.15, 0.2) is 0 Å². The van der Waals surface area contributed by atoms with Crippen LogP contribution in [0.1, 0.15) is 345 Å². The second-order valence-corrected chi connectivity index (χ2v) is 32.8. The van der Waals surface area contributed by atoms with Crippen molar-refractivity contribution in [3.8, 4) is 34.5 Å². The molecule has 0 heterocycles. The third-order valence-electron chi connectivity index (χ3n) is 19.3. The Hall–Kier alpha value is -4.78. The van der Waals surface area contributed by atoms with Crippen molar-refractivity contribution in [2.24, 2.45) is 0 Å². The first-order valence-corrected chi connectivity index (χ1v) is 46.1. The molecule has 6 rings (SSSR count). The van der Waals surface area contributed by atoms with Crippen molar-refractivity contribution in [2.75, 3.05) is 0 Å². The number of benzene rings is 6. The number of rotatable bonds is 60. The minimum Gasteiger partial charge on any atom is -0.736 e. The first-order valence-electron chi connectivity index (χ1n) is 41.7. The van der Waals surface area contributed by atoms with E-state index in [9.17, 15) is 28.4 Å². The average Bonchev–Trinajstić information content (AvgIpc) is 0.862. The summed E-state index contributed by atoms with van der Waals surface area (Å²) < 4.78 is 68.1. The maximum Gasteiger partial charge on any atom is 3.00 e. The van der Waals surface area contributed by atoms with Gasteiger partial charge in [0.2, 0.25) is 0 Å². The standard InChI is InChI=1S/3C30H47O4P.Cr/c3*1-3-5-7-9-11-13-15-17-27-19-23-29(24-20-27)33-35(31,32)34-30-25-21-28(22-26-30)18-16-14-12-10-8-6-4-2;/h3*19-26H,3-18H2,1-2H3,(H,31,32);/q;;;+3/p-3. The summed E-state index contributed by atoms with van der Waals surface area (Å²) in [5, 5.41) is 0. The van der Waals surface area contributed by atoms with E-state index in [2.05, 4.69) is 41.5 Å². The van der Waals surface area contributed by atoms with E-state index in [1.807, 2.05) is 72.8 Å². The number of phosphoric ester groups is 3. The maximum absolute atomic E-state index is 12.4. The topological polar surface area (TPSA) is 176 Å². The summed E-state index contributed by atoms with van der Waals surface area (Å²) in [6, 6.07) is 43.7. The van der Waals surface area contributed by atoms with Crippen LogP contribution in [-0.2, 0) is 69.6 Å². The molecule has 12 nitrogen and oxygen atoms in total. The van der Waals surface area contributed by atoms with E-state index < -0.39 is 23.5 Å². The van der Waals surface area contributed by atoms with Crippen LogP contribution in [0.4, 0.5) is 0 Å². The van der Waals surface area contributed by atoms with Crippen LogP contribution in [0.5, 0.6) is 34.5 Å². The summed E-state index contributed by atoms with van der Waals surface area (Å²) in [5.74, 6) is 1.68. The van der Waals surface area contributed by atoms with Crippen molar-refractivity contribution in [2.45, 2.75) is 350 Å². The van der Waals surface area contributed by atoms with Gasteiger partial charge in [0.25, 0.3) is 0 Å². The predicted octanol–water partition coefficient (Wildman–Crippen LogP) is 27.6. The van der Waals surface area contributed by atoms with E-state index in [-0.39, 0.29) is 51.9 Å². The van der Waals surface area contributed by atoms with Gasteiger partial charge in [-0.3, -0.25) is 0 Å². The molecule has 0 unspecified atom stereocenters. The number of unbranched alkanes of at least 4 members (excludes halogenated alkanes) is 36. The van der Waals surface area contributed by atoms with Gasteiger partial charge in [0.05, 0.1) is 0 Å². The Morgan fingerprint density at radius 2 is 0.292 bits per heavy atom. The van der Waals surface area contributed by atoms with Gasteiger partial charge in [-0.2, -0.15) is 0 Å². The second kappa shape index (κ2) is 61.0. The summed E-state index contributed by atoms with van der Waals surface area (Å²) in [6.45, 7) is 13.4. The van der Waals surface area contributed by atoms with Gasteiger partial charge < -0.3 is 41.8 Å². The van der Waals surface area contributed by atoms with Gasteiger partial charge in [-0.05, 0) is 183 Å². The Labute approximate surface area is 655 Å². The van der Waals surface area contributed by atoms with Gasteiger partial charge in [-0.1, -0.05) is 345 Å². The van der Waals surface area contributed by atoms with Gasteiger partial charge in [-0.25, -0.2) is 13.7 Å². The second-order valence-electron chi connectivity index (χ2n) is 29.0. The molecule has 0 spiro atoms. The van der Waals surface area contributed by atoms with Crippen LogP contribution in [0.2, 0.25) is 0 Å². The Morgan fingerprint density at radius 1 is 0.189 bits per heavy atom. The van der Waals surface area contributed by atoms with Crippen LogP contribution >= 0.6 is 23.5 Å². The van der Waals surface area contributed by atoms with Crippen LogP contribution in [0, 0.1) is 0 Å². The minimum atomic E-state index is -4.50. The molecule has 0 N–H and O–H groups in total. The monoisotopic (exact) mass is 1560 g/mol. The summed E-state index contributed by atoms with van der Waals surface area (Å²) in [6.07, 6.45) is 59.8. The van der Waals surface area contributed by atoms with Crippen LogP contribution in [0.15, 0.2) is 146 Å². The van der Waals surface area contributed by atoms with Gasteiger partial charge in [-0.15, -0.1) is 0 Å². The fourth-order valence-electron chi connectivity index (χ4n) is 12.8. The molecule has 6 aromatic carbocycles. The number of aryl methyl sites for hydroxylation is 6. The maximum atomic E-state index is 12.4. The predicted molar refractivity (Wildman–Crippen MR) is 435 cm³/mol. The van der Waals surface area contributed by atoms with E-state index in [0.29, 0.717) is 0 Å². The zero-order valence-corrected chi connectivity index (χ0v) is 70.4. The molecule has 16 heteroatoms. The molecule has 0 aliphatic rings.